The average molecular weight is 699 g/mol. The summed E-state index contributed by atoms with van der Waals surface area (Å²) < 4.78 is 0. The van der Waals surface area contributed by atoms with Gasteiger partial charge in [0.1, 0.15) is 0 Å². The van der Waals surface area contributed by atoms with Crippen molar-refractivity contribution in [2.24, 2.45) is 0 Å². The molecule has 0 nitrogen and oxygen atoms in total. The van der Waals surface area contributed by atoms with Gasteiger partial charge in [-0.2, -0.15) is 0 Å². The highest BCUT2D eigenvalue weighted by atomic mass is 14.4. The van der Waals surface area contributed by atoms with Gasteiger partial charge in [-0.25, -0.2) is 0 Å². The molecule has 10 aromatic carbocycles. The number of hydrogen-bond donors (Lipinski definition) is 0. The Hall–Kier alpha value is -6.76. The van der Waals surface area contributed by atoms with Crippen molar-refractivity contribution < 1.29 is 0 Å². The number of benzene rings is 10. The summed E-state index contributed by atoms with van der Waals surface area (Å²) in [6.45, 7) is 4.75. The summed E-state index contributed by atoms with van der Waals surface area (Å²) in [5.41, 5.74) is 15.5. The molecule has 0 unspecified atom stereocenters. The lowest BCUT2D eigenvalue weighted by molar-refractivity contribution is 0.661. The molecule has 0 spiro atoms. The highest BCUT2D eigenvalue weighted by Crippen LogP contribution is 2.52. The maximum atomic E-state index is 2.43. The minimum atomic E-state index is -0.0685. The molecule has 0 amide bonds. The van der Waals surface area contributed by atoms with Crippen molar-refractivity contribution in [3.8, 4) is 55.6 Å². The summed E-state index contributed by atoms with van der Waals surface area (Å²) in [7, 11) is 0. The smallest absolute Gasteiger partial charge is 0.0159 e. The number of rotatable bonds is 4. The van der Waals surface area contributed by atoms with Gasteiger partial charge >= 0.3 is 0 Å². The van der Waals surface area contributed by atoms with Gasteiger partial charge in [0.25, 0.3) is 0 Å². The molecule has 0 fully saturated rings. The lowest BCUT2D eigenvalue weighted by atomic mass is 9.81. The molecule has 0 radical (unpaired) electrons. The van der Waals surface area contributed by atoms with Crippen molar-refractivity contribution in [2.75, 3.05) is 0 Å². The summed E-state index contributed by atoms with van der Waals surface area (Å²) in [6.07, 6.45) is 0. The van der Waals surface area contributed by atoms with E-state index in [1.54, 1.807) is 0 Å². The molecule has 0 heterocycles. The molecule has 1 aliphatic carbocycles. The Morgan fingerprint density at radius 3 is 1.27 bits per heavy atom. The standard InChI is InChI=1S/C55H38/c1-55(2)50-32-30-38-12-5-6-14-44(38)54(50)49-31-29-43(34-51(49)55)37-21-26-40(27-22-37)53-47-17-9-7-15-45(47)52(46-16-8-10-18-48(46)53)39-24-19-36(20-25-39)42-28-23-35-11-3-4-13-41(35)33-42/h3-34H,1-2H3. The van der Waals surface area contributed by atoms with Crippen LogP contribution in [0.15, 0.2) is 194 Å². The fourth-order valence-corrected chi connectivity index (χ4v) is 9.46. The SMILES string of the molecule is CC1(C)c2cc(-c3ccc(-c4c5ccccc5c(-c5ccc(-c6ccc7ccccc7c6)cc5)c5ccccc45)cc3)ccc2-c2c1ccc1ccccc21. The third kappa shape index (κ3) is 4.92. The Bertz CT molecular complexity index is 3080. The van der Waals surface area contributed by atoms with Crippen molar-refractivity contribution >= 4 is 43.1 Å². The average Bonchev–Trinajstić information content (AvgIpc) is 3.48. The van der Waals surface area contributed by atoms with Crippen LogP contribution < -0.4 is 0 Å². The molecule has 0 bridgehead atoms. The molecule has 0 saturated heterocycles. The van der Waals surface area contributed by atoms with E-state index in [0.29, 0.717) is 0 Å². The molecule has 0 aliphatic heterocycles. The van der Waals surface area contributed by atoms with Crippen LogP contribution in [0.5, 0.6) is 0 Å². The second-order valence-electron chi connectivity index (χ2n) is 15.7. The minimum Gasteiger partial charge on any atom is -0.0616 e. The summed E-state index contributed by atoms with van der Waals surface area (Å²) in [6, 6.07) is 72.1. The summed E-state index contributed by atoms with van der Waals surface area (Å²) in [5.74, 6) is 0. The van der Waals surface area contributed by atoms with Crippen LogP contribution in [0.3, 0.4) is 0 Å². The van der Waals surface area contributed by atoms with Crippen molar-refractivity contribution in [2.45, 2.75) is 19.3 Å². The molecule has 258 valence electrons. The van der Waals surface area contributed by atoms with E-state index in [1.165, 1.54) is 110 Å². The van der Waals surface area contributed by atoms with E-state index >= 15 is 0 Å². The van der Waals surface area contributed by atoms with Gasteiger partial charge in [-0.15, -0.1) is 0 Å². The predicted molar refractivity (Wildman–Crippen MR) is 236 cm³/mol. The van der Waals surface area contributed by atoms with E-state index < -0.39 is 0 Å². The molecule has 0 N–H and O–H groups in total. The van der Waals surface area contributed by atoms with Crippen molar-refractivity contribution in [3.63, 3.8) is 0 Å². The molecule has 55 heavy (non-hydrogen) atoms. The third-order valence-corrected chi connectivity index (χ3v) is 12.3. The van der Waals surface area contributed by atoms with Crippen LogP contribution >= 0.6 is 0 Å². The molecular formula is C55H38. The first kappa shape index (κ1) is 31.7. The van der Waals surface area contributed by atoms with Gasteiger partial charge in [0.05, 0.1) is 0 Å². The third-order valence-electron chi connectivity index (χ3n) is 12.3. The lowest BCUT2D eigenvalue weighted by Crippen LogP contribution is -2.15. The van der Waals surface area contributed by atoms with Crippen molar-refractivity contribution in [1.82, 2.24) is 0 Å². The van der Waals surface area contributed by atoms with Gasteiger partial charge in [-0.1, -0.05) is 196 Å². The van der Waals surface area contributed by atoms with Gasteiger partial charge in [0.15, 0.2) is 0 Å². The fourth-order valence-electron chi connectivity index (χ4n) is 9.46. The van der Waals surface area contributed by atoms with E-state index in [4.69, 9.17) is 0 Å². The predicted octanol–water partition coefficient (Wildman–Crippen LogP) is 15.3. The first-order valence-corrected chi connectivity index (χ1v) is 19.3. The van der Waals surface area contributed by atoms with E-state index in [1.807, 2.05) is 0 Å². The highest BCUT2D eigenvalue weighted by Gasteiger charge is 2.36. The first-order chi connectivity index (χ1) is 27.0. The van der Waals surface area contributed by atoms with Crippen LogP contribution in [0.25, 0.3) is 98.7 Å². The zero-order chi connectivity index (χ0) is 36.7. The normalized spacial score (nSPS) is 13.1. The highest BCUT2D eigenvalue weighted by molar-refractivity contribution is 6.21. The zero-order valence-corrected chi connectivity index (χ0v) is 31.0. The van der Waals surface area contributed by atoms with Crippen LogP contribution in [0, 0.1) is 0 Å². The second kappa shape index (κ2) is 12.1. The Morgan fingerprint density at radius 1 is 0.273 bits per heavy atom. The summed E-state index contributed by atoms with van der Waals surface area (Å²) in [5, 5.41) is 10.3. The summed E-state index contributed by atoms with van der Waals surface area (Å²) in [4.78, 5) is 0. The van der Waals surface area contributed by atoms with Crippen molar-refractivity contribution in [3.05, 3.63) is 205 Å². The fraction of sp³-hybridized carbons (Fsp3) is 0.0545. The largest absolute Gasteiger partial charge is 0.0616 e. The topological polar surface area (TPSA) is 0 Å². The van der Waals surface area contributed by atoms with Crippen LogP contribution in [-0.4, -0.2) is 0 Å². The maximum absolute atomic E-state index is 2.43. The number of hydrogen-bond acceptors (Lipinski definition) is 0. The minimum absolute atomic E-state index is 0.0685. The molecule has 11 rings (SSSR count). The van der Waals surface area contributed by atoms with E-state index in [0.717, 1.165) is 0 Å². The number of fused-ring (bicyclic) bond motifs is 8. The van der Waals surface area contributed by atoms with Crippen LogP contribution in [0.1, 0.15) is 25.0 Å². The van der Waals surface area contributed by atoms with Crippen LogP contribution in [-0.2, 0) is 5.41 Å². The Morgan fingerprint density at radius 2 is 0.691 bits per heavy atom. The molecule has 1 aliphatic rings. The van der Waals surface area contributed by atoms with E-state index in [-0.39, 0.29) is 5.41 Å². The van der Waals surface area contributed by atoms with E-state index in [2.05, 4.69) is 208 Å². The Balaban J connectivity index is 0.994. The lowest BCUT2D eigenvalue weighted by Gasteiger charge is -2.22. The van der Waals surface area contributed by atoms with Crippen LogP contribution in [0.2, 0.25) is 0 Å². The van der Waals surface area contributed by atoms with Crippen molar-refractivity contribution in [1.29, 1.82) is 0 Å². The van der Waals surface area contributed by atoms with Gasteiger partial charge in [-0.05, 0) is 122 Å². The van der Waals surface area contributed by atoms with Gasteiger partial charge in [0, 0.05) is 5.41 Å². The van der Waals surface area contributed by atoms with Crippen LogP contribution in [0.4, 0.5) is 0 Å². The van der Waals surface area contributed by atoms with Gasteiger partial charge in [-0.3, -0.25) is 0 Å². The Labute approximate surface area is 322 Å². The molecule has 10 aromatic rings. The summed E-state index contributed by atoms with van der Waals surface area (Å²) >= 11 is 0. The first-order valence-electron chi connectivity index (χ1n) is 19.3. The molecular weight excluding hydrogens is 661 g/mol. The molecule has 0 saturated carbocycles. The second-order valence-corrected chi connectivity index (χ2v) is 15.7. The Kier molecular flexibility index (Phi) is 7.00. The molecule has 0 atom stereocenters. The van der Waals surface area contributed by atoms with Gasteiger partial charge < -0.3 is 0 Å². The quantitative estimate of drug-likeness (QED) is 0.161. The molecule has 0 aromatic heterocycles. The van der Waals surface area contributed by atoms with Gasteiger partial charge in [0.2, 0.25) is 0 Å². The monoisotopic (exact) mass is 698 g/mol. The molecule has 0 heteroatoms. The maximum Gasteiger partial charge on any atom is 0.0159 e. The zero-order valence-electron chi connectivity index (χ0n) is 31.0. The van der Waals surface area contributed by atoms with E-state index in [9.17, 15) is 0 Å².